The van der Waals surface area contributed by atoms with Crippen LogP contribution in [0, 0.1) is 17.3 Å². The van der Waals surface area contributed by atoms with E-state index in [0.29, 0.717) is 11.8 Å². The SMILES string of the molecule is CC1CCN(C(=O)COc2ccc(CN3C[C@@H]4COCC[C@]4(CO)C3)cc2)CC1. The second-order valence-electron chi connectivity index (χ2n) is 9.21. The number of ether oxygens (including phenoxy) is 2. The summed E-state index contributed by atoms with van der Waals surface area (Å²) in [5.74, 6) is 1.96. The fraction of sp³-hybridized carbons (Fsp3) is 0.696. The first-order valence-electron chi connectivity index (χ1n) is 11.0. The number of hydrogen-bond donors (Lipinski definition) is 1. The predicted molar refractivity (Wildman–Crippen MR) is 111 cm³/mol. The van der Waals surface area contributed by atoms with Gasteiger partial charge in [-0.15, -0.1) is 0 Å². The Kier molecular flexibility index (Phi) is 6.42. The smallest absolute Gasteiger partial charge is 0.260 e. The molecule has 2 atom stereocenters. The van der Waals surface area contributed by atoms with Gasteiger partial charge in [-0.3, -0.25) is 9.69 Å². The van der Waals surface area contributed by atoms with E-state index in [4.69, 9.17) is 9.47 Å². The summed E-state index contributed by atoms with van der Waals surface area (Å²) in [5.41, 5.74) is 1.23. The first kappa shape index (κ1) is 20.6. The van der Waals surface area contributed by atoms with Crippen molar-refractivity contribution in [1.29, 1.82) is 0 Å². The minimum absolute atomic E-state index is 0.00785. The minimum atomic E-state index is 0.00785. The van der Waals surface area contributed by atoms with E-state index in [1.54, 1.807) is 0 Å². The molecule has 0 aromatic heterocycles. The lowest BCUT2D eigenvalue weighted by Crippen LogP contribution is -2.41. The number of aliphatic hydroxyl groups excluding tert-OH is 1. The largest absolute Gasteiger partial charge is 0.484 e. The normalized spacial score (nSPS) is 28.3. The number of nitrogens with zero attached hydrogens (tertiary/aromatic N) is 2. The van der Waals surface area contributed by atoms with E-state index < -0.39 is 0 Å². The van der Waals surface area contributed by atoms with Gasteiger partial charge in [0.25, 0.3) is 5.91 Å². The summed E-state index contributed by atoms with van der Waals surface area (Å²) in [6.45, 7) is 8.57. The van der Waals surface area contributed by atoms with Crippen LogP contribution in [0.25, 0.3) is 0 Å². The molecule has 0 spiro atoms. The molecule has 4 rings (SSSR count). The van der Waals surface area contributed by atoms with Crippen LogP contribution in [0.4, 0.5) is 0 Å². The number of carbonyl (C=O) groups is 1. The molecule has 1 N–H and O–H groups in total. The average molecular weight is 403 g/mol. The van der Waals surface area contributed by atoms with Crippen molar-refractivity contribution in [3.8, 4) is 5.75 Å². The van der Waals surface area contributed by atoms with Crippen LogP contribution in [0.15, 0.2) is 24.3 Å². The molecule has 1 aromatic rings. The van der Waals surface area contributed by atoms with Crippen molar-refractivity contribution in [2.24, 2.45) is 17.3 Å². The first-order chi connectivity index (χ1) is 14.1. The Morgan fingerprint density at radius 1 is 1.28 bits per heavy atom. The van der Waals surface area contributed by atoms with E-state index >= 15 is 0 Å². The Hall–Kier alpha value is -1.63. The Morgan fingerprint density at radius 2 is 2.03 bits per heavy atom. The van der Waals surface area contributed by atoms with Crippen molar-refractivity contribution in [2.75, 3.05) is 52.6 Å². The maximum absolute atomic E-state index is 12.3. The molecule has 160 valence electrons. The summed E-state index contributed by atoms with van der Waals surface area (Å²) in [6, 6.07) is 8.06. The lowest BCUT2D eigenvalue weighted by Gasteiger charge is -2.36. The highest BCUT2D eigenvalue weighted by Gasteiger charge is 2.47. The zero-order valence-electron chi connectivity index (χ0n) is 17.5. The summed E-state index contributed by atoms with van der Waals surface area (Å²) in [5, 5.41) is 9.95. The van der Waals surface area contributed by atoms with E-state index in [0.717, 1.165) is 70.9 Å². The summed E-state index contributed by atoms with van der Waals surface area (Å²) in [7, 11) is 0. The van der Waals surface area contributed by atoms with Gasteiger partial charge in [0, 0.05) is 50.7 Å². The van der Waals surface area contributed by atoms with E-state index in [1.807, 2.05) is 17.0 Å². The highest BCUT2D eigenvalue weighted by atomic mass is 16.5. The van der Waals surface area contributed by atoms with Gasteiger partial charge in [0.05, 0.1) is 13.2 Å². The fourth-order valence-corrected chi connectivity index (χ4v) is 4.98. The van der Waals surface area contributed by atoms with Gasteiger partial charge in [-0.1, -0.05) is 19.1 Å². The molecule has 3 aliphatic rings. The number of carbonyl (C=O) groups excluding carboxylic acids is 1. The van der Waals surface area contributed by atoms with E-state index in [-0.39, 0.29) is 24.5 Å². The molecular weight excluding hydrogens is 368 g/mol. The molecule has 0 bridgehead atoms. The van der Waals surface area contributed by atoms with Crippen molar-refractivity contribution in [3.05, 3.63) is 29.8 Å². The quantitative estimate of drug-likeness (QED) is 0.790. The maximum Gasteiger partial charge on any atom is 0.260 e. The first-order valence-corrected chi connectivity index (χ1v) is 11.0. The number of likely N-dealkylation sites (tertiary alicyclic amines) is 2. The number of benzene rings is 1. The zero-order chi connectivity index (χ0) is 20.3. The molecule has 6 heteroatoms. The van der Waals surface area contributed by atoms with Gasteiger partial charge in [0.2, 0.25) is 0 Å². The molecule has 0 radical (unpaired) electrons. The van der Waals surface area contributed by atoms with Crippen molar-refractivity contribution >= 4 is 5.91 Å². The summed E-state index contributed by atoms with van der Waals surface area (Å²) in [4.78, 5) is 16.7. The third-order valence-corrected chi connectivity index (χ3v) is 7.09. The molecule has 3 fully saturated rings. The monoisotopic (exact) mass is 402 g/mol. The van der Waals surface area contributed by atoms with Crippen molar-refractivity contribution < 1.29 is 19.4 Å². The molecule has 1 aromatic carbocycles. The van der Waals surface area contributed by atoms with Crippen molar-refractivity contribution in [3.63, 3.8) is 0 Å². The Bertz CT molecular complexity index is 687. The molecule has 29 heavy (non-hydrogen) atoms. The third-order valence-electron chi connectivity index (χ3n) is 7.09. The van der Waals surface area contributed by atoms with E-state index in [9.17, 15) is 9.90 Å². The van der Waals surface area contributed by atoms with Gasteiger partial charge in [-0.05, 0) is 42.9 Å². The minimum Gasteiger partial charge on any atom is -0.484 e. The van der Waals surface area contributed by atoms with Gasteiger partial charge in [0.15, 0.2) is 6.61 Å². The van der Waals surface area contributed by atoms with Gasteiger partial charge in [-0.25, -0.2) is 0 Å². The molecule has 3 heterocycles. The zero-order valence-corrected chi connectivity index (χ0v) is 17.5. The lowest BCUT2D eigenvalue weighted by molar-refractivity contribution is -0.134. The average Bonchev–Trinajstić information content (AvgIpc) is 3.12. The van der Waals surface area contributed by atoms with Gasteiger partial charge in [-0.2, -0.15) is 0 Å². The van der Waals surface area contributed by atoms with Crippen LogP contribution in [0.2, 0.25) is 0 Å². The number of fused-ring (bicyclic) bond motifs is 1. The third kappa shape index (κ3) is 4.76. The topological polar surface area (TPSA) is 62.2 Å². The van der Waals surface area contributed by atoms with Gasteiger partial charge < -0.3 is 19.5 Å². The van der Waals surface area contributed by atoms with E-state index in [1.165, 1.54) is 5.56 Å². The molecule has 1 amide bonds. The summed E-state index contributed by atoms with van der Waals surface area (Å²) >= 11 is 0. The van der Waals surface area contributed by atoms with Crippen LogP contribution in [0.3, 0.4) is 0 Å². The predicted octanol–water partition coefficient (Wildman–Crippen LogP) is 2.15. The van der Waals surface area contributed by atoms with Crippen molar-refractivity contribution in [2.45, 2.75) is 32.7 Å². The molecule has 0 aliphatic carbocycles. The number of aliphatic hydroxyl groups is 1. The Labute approximate surface area is 173 Å². The molecular formula is C23H34N2O4. The second kappa shape index (κ2) is 9.02. The highest BCUT2D eigenvalue weighted by Crippen LogP contribution is 2.42. The molecule has 3 aliphatic heterocycles. The molecule has 0 saturated carbocycles. The van der Waals surface area contributed by atoms with Crippen molar-refractivity contribution in [1.82, 2.24) is 9.80 Å². The number of amides is 1. The van der Waals surface area contributed by atoms with Crippen LogP contribution in [-0.2, 0) is 16.1 Å². The number of rotatable bonds is 6. The Morgan fingerprint density at radius 3 is 2.72 bits per heavy atom. The van der Waals surface area contributed by atoms with Crippen LogP contribution >= 0.6 is 0 Å². The summed E-state index contributed by atoms with van der Waals surface area (Å²) < 4.78 is 11.4. The standard InChI is InChI=1S/C23H34N2O4/c1-18-6-9-25(10-7-18)22(27)15-29-21-4-2-19(3-5-21)12-24-13-20-14-28-11-8-23(20,16-24)17-26/h2-5,18,20,26H,6-17H2,1H3/t20-,23-/m1/s1. The van der Waals surface area contributed by atoms with Gasteiger partial charge in [0.1, 0.15) is 5.75 Å². The van der Waals surface area contributed by atoms with Crippen LogP contribution < -0.4 is 4.74 Å². The lowest BCUT2D eigenvalue weighted by atomic mass is 9.75. The van der Waals surface area contributed by atoms with E-state index in [2.05, 4.69) is 24.0 Å². The molecule has 6 nitrogen and oxygen atoms in total. The maximum atomic E-state index is 12.3. The molecule has 3 saturated heterocycles. The van der Waals surface area contributed by atoms with Crippen LogP contribution in [-0.4, -0.2) is 73.4 Å². The van der Waals surface area contributed by atoms with Gasteiger partial charge >= 0.3 is 0 Å². The summed E-state index contributed by atoms with van der Waals surface area (Å²) in [6.07, 6.45) is 3.12. The highest BCUT2D eigenvalue weighted by molar-refractivity contribution is 5.77. The number of hydrogen-bond acceptors (Lipinski definition) is 5. The van der Waals surface area contributed by atoms with Crippen LogP contribution in [0.5, 0.6) is 5.75 Å². The molecule has 0 unspecified atom stereocenters. The van der Waals surface area contributed by atoms with Crippen LogP contribution in [0.1, 0.15) is 31.7 Å². The second-order valence-corrected chi connectivity index (χ2v) is 9.21. The fourth-order valence-electron chi connectivity index (χ4n) is 4.98. The number of piperidine rings is 1. The Balaban J connectivity index is 1.26.